The van der Waals surface area contributed by atoms with Crippen LogP contribution in [0.3, 0.4) is 0 Å². The van der Waals surface area contributed by atoms with Gasteiger partial charge in [0.25, 0.3) is 0 Å². The molecule has 20 heavy (non-hydrogen) atoms. The first-order valence-electron chi connectivity index (χ1n) is 7.12. The van der Waals surface area contributed by atoms with E-state index in [9.17, 15) is 9.59 Å². The average molecular weight is 289 g/mol. The third-order valence-corrected chi connectivity index (χ3v) is 2.14. The van der Waals surface area contributed by atoms with Crippen LogP contribution in [0.1, 0.15) is 40.5 Å². The Kier molecular flexibility index (Phi) is 10.5. The van der Waals surface area contributed by atoms with Crippen LogP contribution < -0.4 is 5.32 Å². The lowest BCUT2D eigenvalue weighted by molar-refractivity contribution is 0.0465. The van der Waals surface area contributed by atoms with Gasteiger partial charge in [-0.3, -0.25) is 0 Å². The molecule has 0 fully saturated rings. The van der Waals surface area contributed by atoms with Crippen LogP contribution in [0.25, 0.3) is 0 Å². The summed E-state index contributed by atoms with van der Waals surface area (Å²) < 4.78 is 14.7. The average Bonchev–Trinajstić information content (AvgIpc) is 2.37. The number of hydrogen-bond donors (Lipinski definition) is 1. The molecule has 1 amide bonds. The molecule has 0 heterocycles. The maximum atomic E-state index is 11.2. The SMILES string of the molecule is CC(C)COC(=O)NCCCCOC(=O)OCC(C)C. The summed E-state index contributed by atoms with van der Waals surface area (Å²) in [4.78, 5) is 22.3. The largest absolute Gasteiger partial charge is 0.508 e. The number of amides is 1. The molecule has 6 heteroatoms. The first kappa shape index (κ1) is 18.5. The van der Waals surface area contributed by atoms with Gasteiger partial charge in [-0.05, 0) is 24.7 Å². The van der Waals surface area contributed by atoms with Crippen molar-refractivity contribution in [2.24, 2.45) is 11.8 Å². The van der Waals surface area contributed by atoms with E-state index in [0.29, 0.717) is 51.0 Å². The summed E-state index contributed by atoms with van der Waals surface area (Å²) in [5, 5.41) is 2.63. The predicted octanol–water partition coefficient (Wildman–Crippen LogP) is 2.96. The Morgan fingerprint density at radius 3 is 2.10 bits per heavy atom. The third-order valence-electron chi connectivity index (χ3n) is 2.14. The maximum Gasteiger partial charge on any atom is 0.508 e. The molecule has 0 aliphatic carbocycles. The van der Waals surface area contributed by atoms with Crippen LogP contribution in [0, 0.1) is 11.8 Å². The zero-order chi connectivity index (χ0) is 15.4. The molecular weight excluding hydrogens is 262 g/mol. The molecule has 0 rings (SSSR count). The molecule has 0 aromatic carbocycles. The fraction of sp³-hybridized carbons (Fsp3) is 0.857. The van der Waals surface area contributed by atoms with Gasteiger partial charge in [-0.25, -0.2) is 9.59 Å². The lowest BCUT2D eigenvalue weighted by Gasteiger charge is -2.09. The van der Waals surface area contributed by atoms with Crippen molar-refractivity contribution in [2.75, 3.05) is 26.4 Å². The number of ether oxygens (including phenoxy) is 3. The molecule has 0 spiro atoms. The molecule has 0 unspecified atom stereocenters. The van der Waals surface area contributed by atoms with Gasteiger partial charge in [-0.1, -0.05) is 27.7 Å². The van der Waals surface area contributed by atoms with Crippen molar-refractivity contribution in [1.29, 1.82) is 0 Å². The van der Waals surface area contributed by atoms with Crippen molar-refractivity contribution >= 4 is 12.2 Å². The summed E-state index contributed by atoms with van der Waals surface area (Å²) >= 11 is 0. The molecule has 118 valence electrons. The van der Waals surface area contributed by atoms with Gasteiger partial charge < -0.3 is 19.5 Å². The summed E-state index contributed by atoms with van der Waals surface area (Å²) in [5.74, 6) is 0.620. The Morgan fingerprint density at radius 1 is 0.900 bits per heavy atom. The van der Waals surface area contributed by atoms with E-state index >= 15 is 0 Å². The highest BCUT2D eigenvalue weighted by Crippen LogP contribution is 1.97. The van der Waals surface area contributed by atoms with Crippen LogP contribution in [-0.4, -0.2) is 38.6 Å². The zero-order valence-electron chi connectivity index (χ0n) is 12.9. The number of hydrogen-bond acceptors (Lipinski definition) is 5. The third kappa shape index (κ3) is 13.0. The standard InChI is InChI=1S/C14H27NO5/c1-11(2)9-19-13(16)15-7-5-6-8-18-14(17)20-10-12(3)4/h11-12H,5-10H2,1-4H3,(H,15,16). The highest BCUT2D eigenvalue weighted by atomic mass is 16.7. The highest BCUT2D eigenvalue weighted by Gasteiger charge is 2.05. The quantitative estimate of drug-likeness (QED) is 0.522. The smallest absolute Gasteiger partial charge is 0.449 e. The van der Waals surface area contributed by atoms with Crippen molar-refractivity contribution in [3.8, 4) is 0 Å². The molecular formula is C14H27NO5. The van der Waals surface area contributed by atoms with E-state index in [-0.39, 0.29) is 0 Å². The van der Waals surface area contributed by atoms with Crippen LogP contribution in [0.4, 0.5) is 9.59 Å². The van der Waals surface area contributed by atoms with E-state index in [1.165, 1.54) is 0 Å². The molecule has 6 nitrogen and oxygen atoms in total. The van der Waals surface area contributed by atoms with Crippen LogP contribution in [-0.2, 0) is 14.2 Å². The van der Waals surface area contributed by atoms with E-state index < -0.39 is 12.2 Å². The van der Waals surface area contributed by atoms with Crippen LogP contribution in [0.5, 0.6) is 0 Å². The number of carbonyl (C=O) groups is 2. The van der Waals surface area contributed by atoms with Gasteiger partial charge >= 0.3 is 12.2 Å². The number of carbonyl (C=O) groups excluding carboxylic acids is 2. The number of alkyl carbamates (subject to hydrolysis) is 1. The molecule has 0 aliphatic heterocycles. The Morgan fingerprint density at radius 2 is 1.50 bits per heavy atom. The van der Waals surface area contributed by atoms with Crippen LogP contribution in [0.2, 0.25) is 0 Å². The van der Waals surface area contributed by atoms with E-state index in [1.807, 2.05) is 27.7 Å². The van der Waals surface area contributed by atoms with Crippen molar-refractivity contribution in [2.45, 2.75) is 40.5 Å². The molecule has 0 atom stereocenters. The lowest BCUT2D eigenvalue weighted by Crippen LogP contribution is -2.26. The number of rotatable bonds is 9. The van der Waals surface area contributed by atoms with E-state index in [0.717, 1.165) is 0 Å². The summed E-state index contributed by atoms with van der Waals surface area (Å²) in [5.41, 5.74) is 0. The summed E-state index contributed by atoms with van der Waals surface area (Å²) in [6.07, 6.45) is 0.342. The Balaban J connectivity index is 3.35. The number of nitrogens with one attached hydrogen (secondary N) is 1. The molecule has 0 saturated carbocycles. The van der Waals surface area contributed by atoms with Crippen LogP contribution in [0.15, 0.2) is 0 Å². The fourth-order valence-corrected chi connectivity index (χ4v) is 1.14. The number of unbranched alkanes of at least 4 members (excludes halogenated alkanes) is 1. The van der Waals surface area contributed by atoms with Gasteiger partial charge in [-0.2, -0.15) is 0 Å². The Labute approximate surface area is 121 Å². The minimum Gasteiger partial charge on any atom is -0.449 e. The van der Waals surface area contributed by atoms with Crippen molar-refractivity contribution in [3.63, 3.8) is 0 Å². The first-order valence-corrected chi connectivity index (χ1v) is 7.12. The van der Waals surface area contributed by atoms with Gasteiger partial charge in [0, 0.05) is 6.54 Å². The molecule has 1 N–H and O–H groups in total. The van der Waals surface area contributed by atoms with E-state index in [4.69, 9.17) is 14.2 Å². The van der Waals surface area contributed by atoms with Gasteiger partial charge in [0.15, 0.2) is 0 Å². The van der Waals surface area contributed by atoms with Crippen molar-refractivity contribution in [1.82, 2.24) is 5.32 Å². The topological polar surface area (TPSA) is 73.9 Å². The van der Waals surface area contributed by atoms with Gasteiger partial charge in [-0.15, -0.1) is 0 Å². The van der Waals surface area contributed by atoms with E-state index in [2.05, 4.69) is 5.32 Å². The highest BCUT2D eigenvalue weighted by molar-refractivity contribution is 5.67. The summed E-state index contributed by atoms with van der Waals surface area (Å²) in [7, 11) is 0. The zero-order valence-corrected chi connectivity index (χ0v) is 12.9. The predicted molar refractivity (Wildman–Crippen MR) is 75.6 cm³/mol. The van der Waals surface area contributed by atoms with Crippen molar-refractivity contribution in [3.05, 3.63) is 0 Å². The Bertz CT molecular complexity index is 251. The van der Waals surface area contributed by atoms with Gasteiger partial charge in [0.1, 0.15) is 0 Å². The minimum atomic E-state index is -0.636. The molecule has 0 aromatic rings. The summed E-state index contributed by atoms with van der Waals surface area (Å²) in [6.45, 7) is 9.43. The minimum absolute atomic E-state index is 0.291. The normalized spacial score (nSPS) is 10.5. The second-order valence-electron chi connectivity index (χ2n) is 5.43. The van der Waals surface area contributed by atoms with Crippen molar-refractivity contribution < 1.29 is 23.8 Å². The van der Waals surface area contributed by atoms with E-state index in [1.54, 1.807) is 0 Å². The second kappa shape index (κ2) is 11.4. The summed E-state index contributed by atoms with van der Waals surface area (Å²) in [6, 6.07) is 0. The molecule has 0 aromatic heterocycles. The monoisotopic (exact) mass is 289 g/mol. The molecule has 0 saturated heterocycles. The maximum absolute atomic E-state index is 11.2. The molecule has 0 bridgehead atoms. The van der Waals surface area contributed by atoms with Gasteiger partial charge in [0.2, 0.25) is 0 Å². The van der Waals surface area contributed by atoms with Crippen LogP contribution >= 0.6 is 0 Å². The molecule has 0 radical (unpaired) electrons. The Hall–Kier alpha value is -1.46. The first-order chi connectivity index (χ1) is 9.41. The van der Waals surface area contributed by atoms with Gasteiger partial charge in [0.05, 0.1) is 19.8 Å². The fourth-order valence-electron chi connectivity index (χ4n) is 1.14. The molecule has 0 aliphatic rings. The lowest BCUT2D eigenvalue weighted by atomic mass is 10.2. The second-order valence-corrected chi connectivity index (χ2v) is 5.43.